The Hall–Kier alpha value is -4.31. The van der Waals surface area contributed by atoms with Gasteiger partial charge in [0.2, 0.25) is 0 Å². The lowest BCUT2D eigenvalue weighted by Gasteiger charge is -2.21. The third-order valence-electron chi connectivity index (χ3n) is 16.9. The maximum Gasteiger partial charge on any atom is 0.472 e. The summed E-state index contributed by atoms with van der Waals surface area (Å²) in [5, 5.41) is 20.7. The Morgan fingerprint density at radius 3 is 0.816 bits per heavy atom. The minimum absolute atomic E-state index is 0.0996. The molecule has 0 fully saturated rings. The molecule has 0 aliphatic carbocycles. The van der Waals surface area contributed by atoms with E-state index < -0.39 is 91.5 Å². The molecule has 4 N–H and O–H groups in total. The van der Waals surface area contributed by atoms with Gasteiger partial charge in [0.25, 0.3) is 0 Å². The van der Waals surface area contributed by atoms with Gasteiger partial charge in [-0.25, -0.2) is 9.13 Å². The number of rotatable bonds is 76. The lowest BCUT2D eigenvalue weighted by molar-refractivity contribution is -0.161. The Bertz CT molecular complexity index is 2410. The van der Waals surface area contributed by atoms with Crippen molar-refractivity contribution in [2.45, 2.75) is 347 Å². The number of unbranched alkanes of at least 4 members (excludes halogenated alkanes) is 31. The van der Waals surface area contributed by atoms with Gasteiger partial charge in [0.1, 0.15) is 25.4 Å². The van der Waals surface area contributed by atoms with E-state index in [2.05, 4.69) is 154 Å². The molecular formula is C85H146O16P2. The second-order valence-electron chi connectivity index (χ2n) is 26.8. The van der Waals surface area contributed by atoms with Crippen LogP contribution in [0.3, 0.4) is 0 Å². The predicted octanol–water partition coefficient (Wildman–Crippen LogP) is 23.9. The molecule has 0 radical (unpaired) electrons. The number of aliphatic hydroxyl groups is 2. The van der Waals surface area contributed by atoms with Crippen LogP contribution >= 0.6 is 15.6 Å². The van der Waals surface area contributed by atoms with Gasteiger partial charge < -0.3 is 34.2 Å². The molecule has 0 spiro atoms. The summed E-state index contributed by atoms with van der Waals surface area (Å²) in [6, 6.07) is 0. The van der Waals surface area contributed by atoms with E-state index in [0.29, 0.717) is 19.3 Å². The number of hydrogen-bond donors (Lipinski definition) is 4. The molecule has 16 nitrogen and oxygen atoms in total. The Kier molecular flexibility index (Phi) is 74.1. The molecule has 592 valence electrons. The molecule has 0 saturated heterocycles. The average molecular weight is 1490 g/mol. The number of allylic oxidation sites excluding steroid dienone is 22. The van der Waals surface area contributed by atoms with Gasteiger partial charge >= 0.3 is 33.6 Å². The molecule has 0 rings (SSSR count). The zero-order valence-electron chi connectivity index (χ0n) is 64.7. The van der Waals surface area contributed by atoms with Crippen molar-refractivity contribution >= 4 is 33.6 Å². The Morgan fingerprint density at radius 2 is 0.515 bits per heavy atom. The zero-order chi connectivity index (χ0) is 75.2. The number of aliphatic hydroxyl groups excluding tert-OH is 2. The summed E-state index contributed by atoms with van der Waals surface area (Å²) in [6.45, 7) is 2.45. The largest absolute Gasteiger partial charge is 0.472 e. The summed E-state index contributed by atoms with van der Waals surface area (Å²) in [5.41, 5.74) is 0. The smallest absolute Gasteiger partial charge is 0.463 e. The standard InChI is InChI=1S/C85H146O16P2/c1-4-7-10-13-16-19-22-25-28-30-32-34-36-37-38-39-40-41-43-45-46-48-51-53-56-59-62-65-68-71-83(88)95-74-80(86)75-97-102(91,92)98-76-81(87)77-99-103(93,94)100-79-82(101-85(90)73-70-67-64-61-58-55-50-27-24-21-18-15-12-9-6-3)78-96-84(89)72-69-66-63-60-57-54-52-49-47-44-42-35-33-31-29-26-23-20-17-14-11-8-5-2/h7-8,10-11,16-17,19-20,25-26,28-29,32-35,37-38,44,47,52,54,80-82,86-87H,4-6,9,12-15,18,21-24,27,30-31,36,39-43,45-46,48-51,53,55-79H2,1-3H3,(H,91,92)(H,93,94)/b10-7-,11-8-,19-16-,20-17-,28-25-,29-26-,34-32-,35-33-,38-37-,47-44-,54-52-. The van der Waals surface area contributed by atoms with Crippen molar-refractivity contribution in [1.82, 2.24) is 0 Å². The number of carbonyl (C=O) groups excluding carboxylic acids is 3. The van der Waals surface area contributed by atoms with Crippen LogP contribution in [-0.2, 0) is 55.8 Å². The highest BCUT2D eigenvalue weighted by atomic mass is 31.2. The number of ether oxygens (including phenoxy) is 3. The van der Waals surface area contributed by atoms with Gasteiger partial charge in [-0.05, 0) is 116 Å². The molecule has 0 aliphatic rings. The summed E-state index contributed by atoms with van der Waals surface area (Å²) in [5.74, 6) is -1.60. The fourth-order valence-corrected chi connectivity index (χ4v) is 12.4. The van der Waals surface area contributed by atoms with Crippen LogP contribution in [0.15, 0.2) is 134 Å². The first-order valence-corrected chi connectivity index (χ1v) is 43.5. The van der Waals surface area contributed by atoms with E-state index in [1.54, 1.807) is 0 Å². The van der Waals surface area contributed by atoms with Crippen molar-refractivity contribution < 1.29 is 75.8 Å². The maximum atomic E-state index is 13.0. The third kappa shape index (κ3) is 78.6. The van der Waals surface area contributed by atoms with Crippen LogP contribution in [0.1, 0.15) is 329 Å². The van der Waals surface area contributed by atoms with Crippen molar-refractivity contribution in [3.05, 3.63) is 134 Å². The van der Waals surface area contributed by atoms with E-state index in [1.807, 2.05) is 0 Å². The van der Waals surface area contributed by atoms with E-state index in [-0.39, 0.29) is 19.3 Å². The van der Waals surface area contributed by atoms with Crippen molar-refractivity contribution in [2.24, 2.45) is 0 Å². The lowest BCUT2D eigenvalue weighted by Crippen LogP contribution is -2.30. The first kappa shape index (κ1) is 98.7. The molecule has 0 bridgehead atoms. The molecule has 18 heteroatoms. The van der Waals surface area contributed by atoms with Gasteiger partial charge in [-0.15, -0.1) is 0 Å². The molecule has 0 heterocycles. The molecule has 0 aromatic carbocycles. The second-order valence-corrected chi connectivity index (χ2v) is 29.7. The van der Waals surface area contributed by atoms with Gasteiger partial charge in [0, 0.05) is 19.3 Å². The minimum Gasteiger partial charge on any atom is -0.463 e. The lowest BCUT2D eigenvalue weighted by atomic mass is 10.0. The number of hydrogen-bond acceptors (Lipinski definition) is 14. The van der Waals surface area contributed by atoms with Crippen molar-refractivity contribution in [2.75, 3.05) is 39.6 Å². The third-order valence-corrected chi connectivity index (χ3v) is 18.8. The van der Waals surface area contributed by atoms with Crippen LogP contribution in [0, 0.1) is 0 Å². The molecule has 0 aliphatic heterocycles. The highest BCUT2D eigenvalue weighted by Gasteiger charge is 2.29. The molecule has 5 unspecified atom stereocenters. The van der Waals surface area contributed by atoms with Gasteiger partial charge in [-0.2, -0.15) is 0 Å². The summed E-state index contributed by atoms with van der Waals surface area (Å²) >= 11 is 0. The SMILES string of the molecule is CC/C=C\C/C=C\C/C=C\C/C=C\C/C=C\C/C=C\CCCCCCC(=O)OCC(COP(=O)(O)OCC(O)COP(=O)(O)OCC(O)COC(=O)CCCCCCCCCCCCCCC/C=C\C/C=C\C/C=C\C/C=C\C/C=C\CC)OC(=O)CCCCCCCCCCCCCCCCC. The topological polar surface area (TPSA) is 231 Å². The van der Waals surface area contributed by atoms with Crippen LogP contribution < -0.4 is 0 Å². The maximum absolute atomic E-state index is 13.0. The van der Waals surface area contributed by atoms with Crippen LogP contribution in [0.5, 0.6) is 0 Å². The molecule has 0 amide bonds. The van der Waals surface area contributed by atoms with Crippen LogP contribution in [0.4, 0.5) is 0 Å². The Morgan fingerprint density at radius 1 is 0.282 bits per heavy atom. The second kappa shape index (κ2) is 77.3. The van der Waals surface area contributed by atoms with E-state index in [9.17, 15) is 43.5 Å². The van der Waals surface area contributed by atoms with E-state index in [1.165, 1.54) is 122 Å². The molecule has 0 aromatic rings. The fourth-order valence-electron chi connectivity index (χ4n) is 10.8. The van der Waals surface area contributed by atoms with Crippen molar-refractivity contribution in [3.8, 4) is 0 Å². The highest BCUT2D eigenvalue weighted by Crippen LogP contribution is 2.45. The van der Waals surface area contributed by atoms with E-state index >= 15 is 0 Å². The number of esters is 3. The first-order chi connectivity index (χ1) is 50.2. The Balaban J connectivity index is 4.55. The minimum atomic E-state index is -4.94. The van der Waals surface area contributed by atoms with Gasteiger partial charge in [-0.3, -0.25) is 32.5 Å². The highest BCUT2D eigenvalue weighted by molar-refractivity contribution is 7.47. The summed E-state index contributed by atoms with van der Waals surface area (Å²) < 4.78 is 61.2. The molecule has 5 atom stereocenters. The van der Waals surface area contributed by atoms with Crippen molar-refractivity contribution in [3.63, 3.8) is 0 Å². The summed E-state index contributed by atoms with van der Waals surface area (Å²) in [6.07, 6.45) is 93.5. The van der Waals surface area contributed by atoms with Crippen LogP contribution in [0.2, 0.25) is 0 Å². The van der Waals surface area contributed by atoms with E-state index in [0.717, 1.165) is 148 Å². The monoisotopic (exact) mass is 1490 g/mol. The number of phosphoric acid groups is 2. The molecule has 103 heavy (non-hydrogen) atoms. The van der Waals surface area contributed by atoms with Gasteiger partial charge in [0.05, 0.1) is 26.4 Å². The van der Waals surface area contributed by atoms with E-state index in [4.69, 9.17) is 32.3 Å². The van der Waals surface area contributed by atoms with Crippen LogP contribution in [-0.4, -0.2) is 95.9 Å². The van der Waals surface area contributed by atoms with Crippen LogP contribution in [0.25, 0.3) is 0 Å². The quantitative estimate of drug-likeness (QED) is 0.0146. The van der Waals surface area contributed by atoms with Gasteiger partial charge in [0.15, 0.2) is 6.10 Å². The number of phosphoric ester groups is 2. The zero-order valence-corrected chi connectivity index (χ0v) is 66.5. The average Bonchev–Trinajstić information content (AvgIpc) is 0.917. The Labute approximate surface area is 626 Å². The first-order valence-electron chi connectivity index (χ1n) is 40.5. The fraction of sp³-hybridized carbons (Fsp3) is 0.706. The van der Waals surface area contributed by atoms with Crippen molar-refractivity contribution in [1.29, 1.82) is 0 Å². The number of carbonyl (C=O) groups is 3. The van der Waals surface area contributed by atoms with Gasteiger partial charge in [-0.1, -0.05) is 328 Å². The molecule has 0 aromatic heterocycles. The normalized spacial score (nSPS) is 14.7. The summed E-state index contributed by atoms with van der Waals surface area (Å²) in [4.78, 5) is 58.7. The predicted molar refractivity (Wildman–Crippen MR) is 426 cm³/mol. The molecule has 0 saturated carbocycles. The summed E-state index contributed by atoms with van der Waals surface area (Å²) in [7, 11) is -9.80. The molecular weight excluding hydrogens is 1340 g/mol.